The van der Waals surface area contributed by atoms with Crippen molar-refractivity contribution >= 4 is 17.7 Å². The van der Waals surface area contributed by atoms with Gasteiger partial charge in [0.1, 0.15) is 17.1 Å². The number of carbonyl (C=O) groups excluding carboxylic acids is 3. The normalized spacial score (nSPS) is 21.1. The second-order valence-electron chi connectivity index (χ2n) is 11.6. The van der Waals surface area contributed by atoms with Crippen LogP contribution in [0.3, 0.4) is 0 Å². The average molecular weight is 585 g/mol. The zero-order chi connectivity index (χ0) is 29.9. The van der Waals surface area contributed by atoms with E-state index < -0.39 is 6.04 Å². The molecular formula is C33H36N4O6. The molecule has 3 aromatic rings. The molecule has 6 rings (SSSR count). The van der Waals surface area contributed by atoms with Crippen LogP contribution in [-0.4, -0.2) is 71.3 Å². The Morgan fingerprint density at radius 3 is 2.51 bits per heavy atom. The molecule has 1 aliphatic carbocycles. The van der Waals surface area contributed by atoms with Crippen molar-refractivity contribution in [3.8, 4) is 11.5 Å². The fourth-order valence-electron chi connectivity index (χ4n) is 6.10. The highest BCUT2D eigenvalue weighted by molar-refractivity contribution is 5.94. The van der Waals surface area contributed by atoms with Crippen LogP contribution in [0, 0.1) is 0 Å². The minimum Gasteiger partial charge on any atom is -0.457 e. The Labute approximate surface area is 250 Å². The van der Waals surface area contributed by atoms with Gasteiger partial charge < -0.3 is 29.6 Å². The number of hydrogen-bond acceptors (Lipinski definition) is 6. The van der Waals surface area contributed by atoms with Gasteiger partial charge in [0.25, 0.3) is 11.5 Å². The number of benzene rings is 2. The van der Waals surface area contributed by atoms with E-state index in [9.17, 15) is 19.2 Å². The molecule has 0 spiro atoms. The van der Waals surface area contributed by atoms with Crippen molar-refractivity contribution in [2.75, 3.05) is 26.7 Å². The molecule has 0 unspecified atom stereocenters. The number of aromatic nitrogens is 1. The van der Waals surface area contributed by atoms with E-state index in [1.54, 1.807) is 18.0 Å². The number of nitrogens with one attached hydrogen (secondary N) is 2. The molecule has 224 valence electrons. The maximum Gasteiger partial charge on any atom is 0.261 e. The van der Waals surface area contributed by atoms with E-state index in [0.717, 1.165) is 41.6 Å². The number of piperidine rings is 1. The van der Waals surface area contributed by atoms with Gasteiger partial charge in [-0.25, -0.2) is 0 Å². The zero-order valence-electron chi connectivity index (χ0n) is 24.3. The van der Waals surface area contributed by atoms with Crippen LogP contribution in [-0.2, 0) is 40.2 Å². The van der Waals surface area contributed by atoms with Gasteiger partial charge in [0, 0.05) is 32.3 Å². The van der Waals surface area contributed by atoms with Gasteiger partial charge in [0.2, 0.25) is 11.8 Å². The van der Waals surface area contributed by atoms with Crippen molar-refractivity contribution in [3.05, 3.63) is 92.9 Å². The van der Waals surface area contributed by atoms with Crippen LogP contribution in [0.25, 0.3) is 0 Å². The topological polar surface area (TPSA) is 121 Å². The Balaban J connectivity index is 1.23. The number of pyridine rings is 1. The smallest absolute Gasteiger partial charge is 0.261 e. The molecule has 4 bridgehead atoms. The number of likely N-dealkylation sites (tertiary alicyclic amines) is 1. The van der Waals surface area contributed by atoms with Crippen molar-refractivity contribution < 1.29 is 23.9 Å². The largest absolute Gasteiger partial charge is 0.457 e. The number of aryl methyl sites for hydroxylation is 3. The van der Waals surface area contributed by atoms with Crippen LogP contribution in [0.2, 0.25) is 0 Å². The first-order chi connectivity index (χ1) is 20.8. The third-order valence-corrected chi connectivity index (χ3v) is 8.43. The number of ether oxygens (including phenoxy) is 2. The lowest BCUT2D eigenvalue weighted by molar-refractivity contribution is -0.135. The summed E-state index contributed by atoms with van der Waals surface area (Å²) >= 11 is 0. The molecule has 0 radical (unpaired) electrons. The molecule has 10 heteroatoms. The quantitative estimate of drug-likeness (QED) is 0.454. The fourth-order valence-corrected chi connectivity index (χ4v) is 6.10. The van der Waals surface area contributed by atoms with Crippen molar-refractivity contribution in [1.29, 1.82) is 0 Å². The van der Waals surface area contributed by atoms with Crippen LogP contribution in [0.15, 0.2) is 59.4 Å². The number of amides is 3. The first-order valence-corrected chi connectivity index (χ1v) is 14.9. The summed E-state index contributed by atoms with van der Waals surface area (Å²) in [5.74, 6) is 0.497. The second-order valence-corrected chi connectivity index (χ2v) is 11.6. The monoisotopic (exact) mass is 584 g/mol. The Morgan fingerprint density at radius 1 is 0.930 bits per heavy atom. The standard InChI is InChI=1S/C33H36N4O6/c1-36-19-30(38)34-28-18-37(33(41)26-17-23-7-4-10-27(23)35-32(26)40)14-13-29(28)42-20-22-6-3-9-25(16-22)43-24-8-2-5-21(15-24)11-12-31(36)39/h2-3,5-6,8-9,15-17,28-29H,4,7,10-14,18-20H2,1H3,(H,34,38)(H,35,40)/t28-,29+/m0/s1. The van der Waals surface area contributed by atoms with Gasteiger partial charge in [0.05, 0.1) is 25.3 Å². The predicted octanol–water partition coefficient (Wildman–Crippen LogP) is 2.98. The summed E-state index contributed by atoms with van der Waals surface area (Å²) in [5.41, 5.74) is 3.53. The van der Waals surface area contributed by atoms with E-state index in [1.807, 2.05) is 48.5 Å². The fraction of sp³-hybridized carbons (Fsp3) is 0.394. The zero-order valence-corrected chi connectivity index (χ0v) is 24.3. The molecule has 3 heterocycles. The second kappa shape index (κ2) is 12.4. The lowest BCUT2D eigenvalue weighted by atomic mass is 10.00. The summed E-state index contributed by atoms with van der Waals surface area (Å²) in [6, 6.07) is 16.5. The van der Waals surface area contributed by atoms with Gasteiger partial charge in [0.15, 0.2) is 0 Å². The number of likely N-dealkylation sites (N-methyl/N-ethyl adjacent to an activating group) is 1. The Morgan fingerprint density at radius 2 is 1.70 bits per heavy atom. The molecule has 2 aliphatic heterocycles. The molecule has 1 saturated heterocycles. The first kappa shape index (κ1) is 28.7. The van der Waals surface area contributed by atoms with Crippen LogP contribution in [0.1, 0.15) is 52.0 Å². The van der Waals surface area contributed by atoms with Crippen LogP contribution in [0.4, 0.5) is 0 Å². The summed E-state index contributed by atoms with van der Waals surface area (Å²) in [4.78, 5) is 58.2. The Kier molecular flexibility index (Phi) is 8.29. The molecule has 0 saturated carbocycles. The highest BCUT2D eigenvalue weighted by atomic mass is 16.5. The van der Waals surface area contributed by atoms with Gasteiger partial charge in [-0.15, -0.1) is 0 Å². The molecule has 2 aromatic carbocycles. The van der Waals surface area contributed by atoms with Gasteiger partial charge in [-0.05, 0) is 79.1 Å². The van der Waals surface area contributed by atoms with Crippen molar-refractivity contribution in [2.45, 2.75) is 57.3 Å². The maximum atomic E-state index is 13.5. The van der Waals surface area contributed by atoms with Gasteiger partial charge >= 0.3 is 0 Å². The van der Waals surface area contributed by atoms with Crippen LogP contribution < -0.4 is 15.6 Å². The van der Waals surface area contributed by atoms with E-state index in [2.05, 4.69) is 10.3 Å². The number of rotatable bonds is 1. The number of hydrogen-bond donors (Lipinski definition) is 2. The number of carbonyl (C=O) groups is 3. The van der Waals surface area contributed by atoms with Gasteiger partial charge in [-0.1, -0.05) is 24.3 Å². The maximum absolute atomic E-state index is 13.5. The Bertz CT molecular complexity index is 1600. The average Bonchev–Trinajstić information content (AvgIpc) is 3.45. The van der Waals surface area contributed by atoms with Crippen LogP contribution >= 0.6 is 0 Å². The van der Waals surface area contributed by atoms with Gasteiger partial charge in [-0.3, -0.25) is 19.2 Å². The summed E-state index contributed by atoms with van der Waals surface area (Å²) in [6.45, 7) is 0.724. The lowest BCUT2D eigenvalue weighted by Crippen LogP contribution is -2.58. The molecular weight excluding hydrogens is 548 g/mol. The molecule has 43 heavy (non-hydrogen) atoms. The number of H-pyrrole nitrogens is 1. The summed E-state index contributed by atoms with van der Waals surface area (Å²) < 4.78 is 12.4. The first-order valence-electron chi connectivity index (χ1n) is 14.9. The molecule has 2 atom stereocenters. The SMILES string of the molecule is CN1CC(=O)N[C@H]2CN(C(=O)c3cc4c([nH]c3=O)CCC4)CC[C@H]2OCc2cccc(c2)Oc2cccc(c2)CCC1=O. The van der Waals surface area contributed by atoms with Crippen molar-refractivity contribution in [1.82, 2.24) is 20.1 Å². The van der Waals surface area contributed by atoms with E-state index in [0.29, 0.717) is 30.9 Å². The number of aromatic amines is 1. The predicted molar refractivity (Wildman–Crippen MR) is 159 cm³/mol. The molecule has 10 nitrogen and oxygen atoms in total. The third-order valence-electron chi connectivity index (χ3n) is 8.43. The molecule has 3 amide bonds. The number of nitrogens with zero attached hydrogens (tertiary/aromatic N) is 2. The van der Waals surface area contributed by atoms with Crippen molar-refractivity contribution in [3.63, 3.8) is 0 Å². The van der Waals surface area contributed by atoms with Gasteiger partial charge in [-0.2, -0.15) is 0 Å². The molecule has 1 fully saturated rings. The molecule has 1 aromatic heterocycles. The lowest BCUT2D eigenvalue weighted by Gasteiger charge is -2.39. The molecule has 3 aliphatic rings. The van der Waals surface area contributed by atoms with E-state index in [1.165, 1.54) is 4.90 Å². The summed E-state index contributed by atoms with van der Waals surface area (Å²) in [7, 11) is 1.61. The van der Waals surface area contributed by atoms with E-state index in [-0.39, 0.29) is 61.1 Å². The third kappa shape index (κ3) is 6.64. The minimum atomic E-state index is -0.527. The highest BCUT2D eigenvalue weighted by Gasteiger charge is 2.35. The van der Waals surface area contributed by atoms with E-state index in [4.69, 9.17) is 9.47 Å². The Hall–Kier alpha value is -4.44. The summed E-state index contributed by atoms with van der Waals surface area (Å²) in [5, 5.41) is 3.02. The minimum absolute atomic E-state index is 0.119. The van der Waals surface area contributed by atoms with Crippen molar-refractivity contribution in [2.24, 2.45) is 0 Å². The summed E-state index contributed by atoms with van der Waals surface area (Å²) in [6.07, 6.45) is 3.46. The molecule has 2 N–H and O–H groups in total. The van der Waals surface area contributed by atoms with E-state index >= 15 is 0 Å². The van der Waals surface area contributed by atoms with Crippen LogP contribution in [0.5, 0.6) is 11.5 Å². The highest BCUT2D eigenvalue weighted by Crippen LogP contribution is 2.26. The number of fused-ring (bicyclic) bond motifs is 6.